The average Bonchev–Trinajstić information content (AvgIpc) is 2.59. The topological polar surface area (TPSA) is 82.9 Å². The fourth-order valence-corrected chi connectivity index (χ4v) is 2.59. The van der Waals surface area contributed by atoms with Gasteiger partial charge in [-0.15, -0.1) is 0 Å². The number of benzene rings is 2. The van der Waals surface area contributed by atoms with Crippen molar-refractivity contribution < 1.29 is 19.1 Å². The number of rotatable bonds is 7. The first-order chi connectivity index (χ1) is 11.5. The van der Waals surface area contributed by atoms with Crippen molar-refractivity contribution in [3.8, 4) is 17.2 Å². The molecule has 0 unspecified atom stereocenters. The van der Waals surface area contributed by atoms with Crippen molar-refractivity contribution >= 4 is 27.3 Å². The van der Waals surface area contributed by atoms with E-state index in [9.17, 15) is 10.1 Å². The highest BCUT2D eigenvalue weighted by Crippen LogP contribution is 2.38. The highest BCUT2D eigenvalue weighted by molar-refractivity contribution is 9.10. The summed E-state index contributed by atoms with van der Waals surface area (Å²) in [5.74, 6) is 1.55. The molecule has 7 nitrogen and oxygen atoms in total. The molecule has 0 amide bonds. The van der Waals surface area contributed by atoms with E-state index in [1.807, 2.05) is 0 Å². The smallest absolute Gasteiger partial charge is 0.293 e. The van der Waals surface area contributed by atoms with E-state index in [1.54, 1.807) is 24.3 Å². The van der Waals surface area contributed by atoms with Gasteiger partial charge in [-0.3, -0.25) is 10.1 Å². The minimum Gasteiger partial charge on any atom is -0.493 e. The van der Waals surface area contributed by atoms with Crippen LogP contribution in [0.2, 0.25) is 0 Å². The van der Waals surface area contributed by atoms with Crippen LogP contribution in [0.1, 0.15) is 5.56 Å². The van der Waals surface area contributed by atoms with E-state index >= 15 is 0 Å². The average molecular weight is 397 g/mol. The molecule has 0 saturated heterocycles. The van der Waals surface area contributed by atoms with Crippen LogP contribution in [0.15, 0.2) is 34.8 Å². The van der Waals surface area contributed by atoms with E-state index in [1.165, 1.54) is 27.4 Å². The molecule has 2 aromatic carbocycles. The minimum atomic E-state index is -0.428. The summed E-state index contributed by atoms with van der Waals surface area (Å²) in [6.07, 6.45) is 0. The van der Waals surface area contributed by atoms with Gasteiger partial charge in [-0.1, -0.05) is 15.9 Å². The number of nitrogens with zero attached hydrogens (tertiary/aromatic N) is 1. The molecule has 0 saturated carbocycles. The van der Waals surface area contributed by atoms with E-state index < -0.39 is 4.92 Å². The minimum absolute atomic E-state index is 0.00295. The third kappa shape index (κ3) is 3.88. The molecule has 0 spiro atoms. The van der Waals surface area contributed by atoms with Gasteiger partial charge in [0.15, 0.2) is 11.5 Å². The number of anilines is 1. The van der Waals surface area contributed by atoms with Crippen molar-refractivity contribution in [3.63, 3.8) is 0 Å². The van der Waals surface area contributed by atoms with E-state index in [0.717, 1.165) is 5.56 Å². The summed E-state index contributed by atoms with van der Waals surface area (Å²) in [5.41, 5.74) is 1.26. The van der Waals surface area contributed by atoms with Crippen LogP contribution in [0, 0.1) is 10.1 Å². The van der Waals surface area contributed by atoms with Crippen molar-refractivity contribution in [2.75, 3.05) is 26.6 Å². The monoisotopic (exact) mass is 396 g/mol. The van der Waals surface area contributed by atoms with Gasteiger partial charge in [0.05, 0.1) is 26.3 Å². The zero-order valence-corrected chi connectivity index (χ0v) is 15.0. The number of methoxy groups -OCH3 is 3. The Kier molecular flexibility index (Phi) is 5.86. The van der Waals surface area contributed by atoms with Gasteiger partial charge < -0.3 is 19.5 Å². The SMILES string of the molecule is COc1cc(CNc2ccc(Br)cc2[N+](=O)[O-])cc(OC)c1OC. The highest BCUT2D eigenvalue weighted by Gasteiger charge is 2.16. The molecule has 0 aliphatic carbocycles. The second-order valence-electron chi connectivity index (χ2n) is 4.81. The Balaban J connectivity index is 2.28. The molecule has 0 aliphatic heterocycles. The summed E-state index contributed by atoms with van der Waals surface area (Å²) in [7, 11) is 4.60. The van der Waals surface area contributed by atoms with Gasteiger partial charge in [0.25, 0.3) is 5.69 Å². The lowest BCUT2D eigenvalue weighted by Gasteiger charge is -2.15. The van der Waals surface area contributed by atoms with Crippen LogP contribution in [0.3, 0.4) is 0 Å². The van der Waals surface area contributed by atoms with Crippen molar-refractivity contribution in [1.82, 2.24) is 0 Å². The fraction of sp³-hybridized carbons (Fsp3) is 0.250. The van der Waals surface area contributed by atoms with Crippen LogP contribution in [0.25, 0.3) is 0 Å². The Morgan fingerprint density at radius 3 is 2.21 bits per heavy atom. The first-order valence-electron chi connectivity index (χ1n) is 6.96. The Labute approximate surface area is 147 Å². The van der Waals surface area contributed by atoms with Gasteiger partial charge in [0.2, 0.25) is 5.75 Å². The van der Waals surface area contributed by atoms with Crippen LogP contribution in [-0.2, 0) is 6.54 Å². The van der Waals surface area contributed by atoms with Gasteiger partial charge in [-0.25, -0.2) is 0 Å². The predicted molar refractivity (Wildman–Crippen MR) is 94.2 cm³/mol. The lowest BCUT2D eigenvalue weighted by molar-refractivity contribution is -0.384. The van der Waals surface area contributed by atoms with Gasteiger partial charge in [-0.05, 0) is 29.8 Å². The molecule has 0 radical (unpaired) electrons. The first-order valence-corrected chi connectivity index (χ1v) is 7.76. The molecule has 0 aromatic heterocycles. The molecule has 128 valence electrons. The predicted octanol–water partition coefficient (Wildman–Crippen LogP) is 4.00. The Morgan fingerprint density at radius 2 is 1.71 bits per heavy atom. The number of ether oxygens (including phenoxy) is 3. The molecular formula is C16H17BrN2O5. The van der Waals surface area contributed by atoms with Crippen LogP contribution in [0.5, 0.6) is 17.2 Å². The van der Waals surface area contributed by atoms with Crippen molar-refractivity contribution in [2.45, 2.75) is 6.54 Å². The van der Waals surface area contributed by atoms with Crippen LogP contribution in [0.4, 0.5) is 11.4 Å². The third-order valence-electron chi connectivity index (χ3n) is 3.36. The standard InChI is InChI=1S/C16H17BrN2O5/c1-22-14-6-10(7-15(23-2)16(14)24-3)9-18-12-5-4-11(17)8-13(12)19(20)21/h4-8,18H,9H2,1-3H3. The Bertz CT molecular complexity index is 726. The molecule has 0 atom stereocenters. The molecule has 1 N–H and O–H groups in total. The molecule has 8 heteroatoms. The summed E-state index contributed by atoms with van der Waals surface area (Å²) in [6.45, 7) is 0.360. The quantitative estimate of drug-likeness (QED) is 0.562. The van der Waals surface area contributed by atoms with Crippen LogP contribution in [-0.4, -0.2) is 26.3 Å². The van der Waals surface area contributed by atoms with Crippen LogP contribution >= 0.6 is 15.9 Å². The van der Waals surface area contributed by atoms with E-state index in [-0.39, 0.29) is 5.69 Å². The first kappa shape index (κ1) is 17.9. The van der Waals surface area contributed by atoms with E-state index in [0.29, 0.717) is 34.0 Å². The maximum absolute atomic E-state index is 11.2. The van der Waals surface area contributed by atoms with E-state index in [2.05, 4.69) is 21.2 Å². The Morgan fingerprint density at radius 1 is 1.08 bits per heavy atom. The maximum Gasteiger partial charge on any atom is 0.293 e. The molecule has 0 bridgehead atoms. The summed E-state index contributed by atoms with van der Waals surface area (Å²) in [4.78, 5) is 10.7. The number of nitrogens with one attached hydrogen (secondary N) is 1. The van der Waals surface area contributed by atoms with E-state index in [4.69, 9.17) is 14.2 Å². The number of nitro groups is 1. The lowest BCUT2D eigenvalue weighted by Crippen LogP contribution is -2.04. The zero-order valence-electron chi connectivity index (χ0n) is 13.5. The number of nitro benzene ring substituents is 1. The lowest BCUT2D eigenvalue weighted by atomic mass is 10.1. The number of halogens is 1. The number of hydrogen-bond acceptors (Lipinski definition) is 6. The Hall–Kier alpha value is -2.48. The molecule has 0 aliphatic rings. The second-order valence-corrected chi connectivity index (χ2v) is 5.72. The summed E-state index contributed by atoms with van der Waals surface area (Å²) >= 11 is 3.24. The van der Waals surface area contributed by atoms with Gasteiger partial charge in [0, 0.05) is 17.1 Å². The molecule has 24 heavy (non-hydrogen) atoms. The van der Waals surface area contributed by atoms with Gasteiger partial charge in [0.1, 0.15) is 5.69 Å². The summed E-state index contributed by atoms with van der Waals surface area (Å²) < 4.78 is 16.5. The van der Waals surface area contributed by atoms with Crippen molar-refractivity contribution in [2.24, 2.45) is 0 Å². The van der Waals surface area contributed by atoms with Gasteiger partial charge >= 0.3 is 0 Å². The third-order valence-corrected chi connectivity index (χ3v) is 3.86. The summed E-state index contributed by atoms with van der Waals surface area (Å²) in [6, 6.07) is 8.43. The fourth-order valence-electron chi connectivity index (χ4n) is 2.24. The number of hydrogen-bond donors (Lipinski definition) is 1. The largest absolute Gasteiger partial charge is 0.493 e. The summed E-state index contributed by atoms with van der Waals surface area (Å²) in [5, 5.41) is 14.2. The molecule has 0 heterocycles. The molecule has 2 aromatic rings. The zero-order chi connectivity index (χ0) is 17.7. The molecular weight excluding hydrogens is 380 g/mol. The maximum atomic E-state index is 11.2. The highest BCUT2D eigenvalue weighted by atomic mass is 79.9. The second kappa shape index (κ2) is 7.87. The van der Waals surface area contributed by atoms with Gasteiger partial charge in [-0.2, -0.15) is 0 Å². The van der Waals surface area contributed by atoms with Crippen molar-refractivity contribution in [1.29, 1.82) is 0 Å². The molecule has 2 rings (SSSR count). The molecule has 0 fully saturated rings. The van der Waals surface area contributed by atoms with Crippen molar-refractivity contribution in [3.05, 3.63) is 50.5 Å². The van der Waals surface area contributed by atoms with Crippen LogP contribution < -0.4 is 19.5 Å². The normalized spacial score (nSPS) is 10.2.